The summed E-state index contributed by atoms with van der Waals surface area (Å²) >= 11 is 0. The monoisotopic (exact) mass is 430 g/mol. The van der Waals surface area contributed by atoms with Crippen LogP contribution in [-0.2, 0) is 16.0 Å². The molecule has 31 heavy (non-hydrogen) atoms. The molecule has 178 valence electrons. The van der Waals surface area contributed by atoms with E-state index in [-0.39, 0.29) is 5.92 Å². The lowest BCUT2D eigenvalue weighted by Crippen LogP contribution is -2.28. The van der Waals surface area contributed by atoms with Gasteiger partial charge in [0, 0.05) is 11.8 Å². The fourth-order valence-electron chi connectivity index (χ4n) is 4.84. The first-order valence-electron chi connectivity index (χ1n) is 12.8. The number of hydrogen-bond acceptors (Lipinski definition) is 2. The van der Waals surface area contributed by atoms with Crippen LogP contribution in [-0.4, -0.2) is 11.6 Å². The van der Waals surface area contributed by atoms with Crippen molar-refractivity contribution in [1.29, 1.82) is 0 Å². The average molecular weight is 431 g/mol. The number of benzene rings is 1. The Labute approximate surface area is 193 Å². The third kappa shape index (κ3) is 11.7. The van der Waals surface area contributed by atoms with Gasteiger partial charge < -0.3 is 0 Å². The molecule has 0 saturated heterocycles. The van der Waals surface area contributed by atoms with Crippen LogP contribution in [0, 0.1) is 30.6 Å². The lowest BCUT2D eigenvalue weighted by atomic mass is 9.73. The highest BCUT2D eigenvalue weighted by Gasteiger charge is 2.29. The quantitative estimate of drug-likeness (QED) is 0.394. The van der Waals surface area contributed by atoms with Crippen LogP contribution in [0.3, 0.4) is 0 Å². The van der Waals surface area contributed by atoms with Crippen LogP contribution < -0.4 is 0 Å². The lowest BCUT2D eigenvalue weighted by molar-refractivity contribution is -0.124. The summed E-state index contributed by atoms with van der Waals surface area (Å²) in [6, 6.07) is 8.36. The third-order valence-corrected chi connectivity index (χ3v) is 6.55. The zero-order valence-corrected chi connectivity index (χ0v) is 21.8. The van der Waals surface area contributed by atoms with Crippen molar-refractivity contribution in [3.05, 3.63) is 35.4 Å². The van der Waals surface area contributed by atoms with Gasteiger partial charge in [-0.3, -0.25) is 9.59 Å². The van der Waals surface area contributed by atoms with Crippen molar-refractivity contribution in [3.8, 4) is 0 Å². The fourth-order valence-corrected chi connectivity index (χ4v) is 4.84. The van der Waals surface area contributed by atoms with E-state index in [9.17, 15) is 9.59 Å². The van der Waals surface area contributed by atoms with E-state index >= 15 is 0 Å². The normalized spacial score (nSPS) is 15.8. The van der Waals surface area contributed by atoms with Crippen molar-refractivity contribution >= 4 is 11.6 Å². The number of hydrogen-bond donors (Lipinski definition) is 0. The minimum Gasteiger partial charge on any atom is -0.300 e. The molecule has 2 rings (SSSR count). The lowest BCUT2D eigenvalue weighted by Gasteiger charge is -2.31. The van der Waals surface area contributed by atoms with Gasteiger partial charge in [0.2, 0.25) is 0 Å². The second kappa shape index (κ2) is 17.2. The maximum Gasteiger partial charge on any atom is 0.133 e. The van der Waals surface area contributed by atoms with Crippen molar-refractivity contribution in [3.63, 3.8) is 0 Å². The Hall–Kier alpha value is -1.44. The largest absolute Gasteiger partial charge is 0.300 e. The standard InChI is InChI=1S/C15H22O.C12H22O.C2H6/c1-4-5-9-15(13(3)16)11-14-10-7-6-8-12(14)2;1-9(2)12(10(3)13)11-7-5-4-6-8-11;1-2/h6-8,10,15H,4-5,9,11H2,1-3H3;9,11-12H,4-8H2,1-3H3;1-2H3/t;12-;/m.1./s1. The maximum atomic E-state index is 11.6. The molecule has 1 fully saturated rings. The van der Waals surface area contributed by atoms with Crippen molar-refractivity contribution in [2.75, 3.05) is 0 Å². The second-order valence-corrected chi connectivity index (χ2v) is 9.36. The fraction of sp³-hybridized carbons (Fsp3) is 0.724. The van der Waals surface area contributed by atoms with Gasteiger partial charge in [0.05, 0.1) is 0 Å². The topological polar surface area (TPSA) is 34.1 Å². The molecule has 1 saturated carbocycles. The maximum absolute atomic E-state index is 11.6. The Morgan fingerprint density at radius 1 is 0.968 bits per heavy atom. The van der Waals surface area contributed by atoms with Crippen LogP contribution in [0.15, 0.2) is 24.3 Å². The summed E-state index contributed by atoms with van der Waals surface area (Å²) in [6.07, 6.45) is 10.8. The second-order valence-electron chi connectivity index (χ2n) is 9.36. The molecule has 0 N–H and O–H groups in total. The smallest absolute Gasteiger partial charge is 0.133 e. The van der Waals surface area contributed by atoms with Crippen molar-refractivity contribution < 1.29 is 9.59 Å². The van der Waals surface area contributed by atoms with E-state index in [1.807, 2.05) is 19.9 Å². The van der Waals surface area contributed by atoms with Crippen LogP contribution in [0.1, 0.15) is 111 Å². The number of aryl methyl sites for hydroxylation is 1. The molecular formula is C29H50O2. The van der Waals surface area contributed by atoms with Crippen molar-refractivity contribution in [2.24, 2.45) is 23.7 Å². The Morgan fingerprint density at radius 2 is 1.55 bits per heavy atom. The minimum absolute atomic E-state index is 0.209. The molecule has 1 aromatic carbocycles. The first kappa shape index (κ1) is 29.6. The molecule has 0 bridgehead atoms. The molecule has 0 heterocycles. The summed E-state index contributed by atoms with van der Waals surface area (Å²) in [7, 11) is 0. The van der Waals surface area contributed by atoms with Gasteiger partial charge >= 0.3 is 0 Å². The van der Waals surface area contributed by atoms with Gasteiger partial charge in [-0.15, -0.1) is 0 Å². The van der Waals surface area contributed by atoms with Gasteiger partial charge in [-0.05, 0) is 69.4 Å². The van der Waals surface area contributed by atoms with Crippen LogP contribution in [0.4, 0.5) is 0 Å². The van der Waals surface area contributed by atoms with Gasteiger partial charge in [-0.1, -0.05) is 91.0 Å². The SMILES string of the molecule is CC.CC(=O)[C@@H](C(C)C)C1CCCCC1.CCCCC(Cc1ccccc1C)C(C)=O. The minimum atomic E-state index is 0.209. The van der Waals surface area contributed by atoms with E-state index < -0.39 is 0 Å². The highest BCUT2D eigenvalue weighted by molar-refractivity contribution is 5.79. The summed E-state index contributed by atoms with van der Waals surface area (Å²) in [6.45, 7) is 16.1. The Kier molecular flexibility index (Phi) is 16.4. The molecule has 0 aromatic heterocycles. The van der Waals surface area contributed by atoms with Gasteiger partial charge in [-0.25, -0.2) is 0 Å². The average Bonchev–Trinajstić information content (AvgIpc) is 2.74. The first-order chi connectivity index (χ1) is 14.8. The highest BCUT2D eigenvalue weighted by Crippen LogP contribution is 2.34. The number of rotatable bonds is 9. The van der Waals surface area contributed by atoms with Crippen LogP contribution in [0.5, 0.6) is 0 Å². The predicted octanol–water partition coefficient (Wildman–Crippen LogP) is 8.39. The van der Waals surface area contributed by atoms with E-state index in [1.165, 1.54) is 43.2 Å². The molecule has 0 amide bonds. The summed E-state index contributed by atoms with van der Waals surface area (Å²) in [5.41, 5.74) is 2.61. The molecular weight excluding hydrogens is 380 g/mol. The summed E-state index contributed by atoms with van der Waals surface area (Å²) in [4.78, 5) is 23.1. The summed E-state index contributed by atoms with van der Waals surface area (Å²) in [5.74, 6) is 2.49. The molecule has 2 nitrogen and oxygen atoms in total. The van der Waals surface area contributed by atoms with Crippen LogP contribution >= 0.6 is 0 Å². The highest BCUT2D eigenvalue weighted by atomic mass is 16.1. The van der Waals surface area contributed by atoms with E-state index in [2.05, 4.69) is 45.9 Å². The molecule has 0 spiro atoms. The zero-order valence-electron chi connectivity index (χ0n) is 21.8. The molecule has 0 radical (unpaired) electrons. The van der Waals surface area contributed by atoms with Crippen molar-refractivity contribution in [1.82, 2.24) is 0 Å². The van der Waals surface area contributed by atoms with Crippen LogP contribution in [0.25, 0.3) is 0 Å². The molecule has 1 aromatic rings. The first-order valence-corrected chi connectivity index (χ1v) is 12.8. The Morgan fingerprint density at radius 3 is 2.00 bits per heavy atom. The molecule has 1 aliphatic carbocycles. The van der Waals surface area contributed by atoms with Gasteiger partial charge in [0.15, 0.2) is 0 Å². The molecule has 1 aliphatic rings. The molecule has 1 unspecified atom stereocenters. The van der Waals surface area contributed by atoms with Crippen LogP contribution in [0.2, 0.25) is 0 Å². The number of Topliss-reactive ketones (excluding diaryl/α,β-unsaturated/α-hetero) is 2. The number of unbranched alkanes of at least 4 members (excludes halogenated alkanes) is 1. The molecule has 2 atom stereocenters. The number of carbonyl (C=O) groups is 2. The van der Waals surface area contributed by atoms with Gasteiger partial charge in [0.25, 0.3) is 0 Å². The molecule has 2 heteroatoms. The third-order valence-electron chi connectivity index (χ3n) is 6.55. The van der Waals surface area contributed by atoms with Gasteiger partial charge in [-0.2, -0.15) is 0 Å². The number of carbonyl (C=O) groups excluding carboxylic acids is 2. The van der Waals surface area contributed by atoms with E-state index in [4.69, 9.17) is 0 Å². The number of ketones is 2. The predicted molar refractivity (Wildman–Crippen MR) is 136 cm³/mol. The zero-order chi connectivity index (χ0) is 23.8. The van der Waals surface area contributed by atoms with Gasteiger partial charge in [0.1, 0.15) is 11.6 Å². The van der Waals surface area contributed by atoms with E-state index in [0.717, 1.165) is 25.7 Å². The van der Waals surface area contributed by atoms with Crippen molar-refractivity contribution in [2.45, 2.75) is 113 Å². The van der Waals surface area contributed by atoms with E-state index in [1.54, 1.807) is 13.8 Å². The Bertz CT molecular complexity index is 611. The Balaban J connectivity index is 0.000000547. The molecule has 0 aliphatic heterocycles. The summed E-state index contributed by atoms with van der Waals surface area (Å²) < 4.78 is 0. The van der Waals surface area contributed by atoms with E-state index in [0.29, 0.717) is 29.3 Å². The summed E-state index contributed by atoms with van der Waals surface area (Å²) in [5, 5.41) is 0.